The molecule has 17 heavy (non-hydrogen) atoms. The van der Waals surface area contributed by atoms with Crippen LogP contribution in [-0.2, 0) is 0 Å². The van der Waals surface area contributed by atoms with E-state index in [0.29, 0.717) is 5.69 Å². The molecule has 4 nitrogen and oxygen atoms in total. The molecule has 0 saturated heterocycles. The fourth-order valence-corrected chi connectivity index (χ4v) is 1.56. The van der Waals surface area contributed by atoms with Gasteiger partial charge >= 0.3 is 0 Å². The Morgan fingerprint density at radius 3 is 2.53 bits per heavy atom. The first-order valence-corrected chi connectivity index (χ1v) is 5.32. The number of hydrogen-bond donors (Lipinski definition) is 1. The minimum Gasteiger partial charge on any atom is -0.275 e. The van der Waals surface area contributed by atoms with Gasteiger partial charge in [0.05, 0.1) is 5.69 Å². The molecule has 2 aromatic rings. The van der Waals surface area contributed by atoms with Gasteiger partial charge in [-0.15, -0.1) is 0 Å². The number of carbonyl (C=O) groups excluding carboxylic acids is 1. The smallest absolute Gasteiger partial charge is 0.275 e. The quantitative estimate of drug-likeness (QED) is 0.828. The number of nitrogens with zero attached hydrogens (tertiary/aromatic N) is 1. The number of hydrogen-bond acceptors (Lipinski definition) is 3. The minimum atomic E-state index is -0.790. The van der Waals surface area contributed by atoms with E-state index in [1.807, 2.05) is 31.2 Å². The Morgan fingerprint density at radius 1 is 1.29 bits per heavy atom. The fourth-order valence-electron chi connectivity index (χ4n) is 1.42. The zero-order chi connectivity index (χ0) is 12.4. The van der Waals surface area contributed by atoms with Gasteiger partial charge in [-0.05, 0) is 24.6 Å². The summed E-state index contributed by atoms with van der Waals surface area (Å²) in [6, 6.07) is 8.95. The van der Waals surface area contributed by atoms with Crippen molar-refractivity contribution in [3.8, 4) is 11.3 Å². The van der Waals surface area contributed by atoms with E-state index < -0.39 is 10.8 Å². The van der Waals surface area contributed by atoms with E-state index in [2.05, 4.69) is 10.2 Å². The van der Waals surface area contributed by atoms with Gasteiger partial charge in [0.2, 0.25) is 0 Å². The highest BCUT2D eigenvalue weighted by Crippen LogP contribution is 2.17. The highest BCUT2D eigenvalue weighted by atomic mass is 35.5. The Kier molecular flexibility index (Phi) is 3.06. The van der Waals surface area contributed by atoms with Crippen molar-refractivity contribution in [3.05, 3.63) is 51.8 Å². The van der Waals surface area contributed by atoms with Gasteiger partial charge in [-0.3, -0.25) is 9.59 Å². The molecular formula is C12H9ClN2O2. The highest BCUT2D eigenvalue weighted by Gasteiger charge is 2.10. The Balaban J connectivity index is 2.53. The molecule has 0 saturated carbocycles. The van der Waals surface area contributed by atoms with Crippen LogP contribution in [-0.4, -0.2) is 15.4 Å². The largest absolute Gasteiger partial charge is 0.276 e. The highest BCUT2D eigenvalue weighted by molar-refractivity contribution is 6.67. The van der Waals surface area contributed by atoms with Crippen LogP contribution in [0.3, 0.4) is 0 Å². The first kappa shape index (κ1) is 11.5. The Bertz CT molecular complexity index is 617. The number of halogens is 1. The number of nitrogens with one attached hydrogen (secondary N) is 1. The van der Waals surface area contributed by atoms with Crippen molar-refractivity contribution in [2.75, 3.05) is 0 Å². The second-order valence-electron chi connectivity index (χ2n) is 3.64. The van der Waals surface area contributed by atoms with Gasteiger partial charge in [-0.1, -0.05) is 29.8 Å². The van der Waals surface area contributed by atoms with Gasteiger partial charge in [0.25, 0.3) is 10.8 Å². The molecule has 86 valence electrons. The zero-order valence-corrected chi connectivity index (χ0v) is 9.78. The molecule has 0 atom stereocenters. The molecule has 1 aromatic carbocycles. The SMILES string of the molecule is Cc1ccc(-c2cc(C(=O)Cl)c(=O)[nH]n2)cc1. The van der Waals surface area contributed by atoms with E-state index in [4.69, 9.17) is 11.6 Å². The van der Waals surface area contributed by atoms with E-state index in [-0.39, 0.29) is 5.56 Å². The molecule has 0 amide bonds. The number of aromatic nitrogens is 2. The van der Waals surface area contributed by atoms with Gasteiger partial charge < -0.3 is 0 Å². The average molecular weight is 249 g/mol. The summed E-state index contributed by atoms with van der Waals surface area (Å²) in [4.78, 5) is 22.3. The van der Waals surface area contributed by atoms with E-state index in [0.717, 1.165) is 11.1 Å². The van der Waals surface area contributed by atoms with Gasteiger partial charge in [-0.25, -0.2) is 5.10 Å². The maximum atomic E-state index is 11.3. The van der Waals surface area contributed by atoms with Crippen LogP contribution in [0.4, 0.5) is 0 Å². The summed E-state index contributed by atoms with van der Waals surface area (Å²) in [6.45, 7) is 1.97. The summed E-state index contributed by atoms with van der Waals surface area (Å²) < 4.78 is 0. The van der Waals surface area contributed by atoms with Crippen molar-refractivity contribution in [1.82, 2.24) is 10.2 Å². The lowest BCUT2D eigenvalue weighted by Gasteiger charge is -2.01. The molecule has 0 aliphatic heterocycles. The van der Waals surface area contributed by atoms with Gasteiger partial charge in [0.15, 0.2) is 0 Å². The average Bonchev–Trinajstić information content (AvgIpc) is 2.30. The Hall–Kier alpha value is -1.94. The standard InChI is InChI=1S/C12H9ClN2O2/c1-7-2-4-8(5-3-7)10-6-9(11(13)16)12(17)15-14-10/h2-6H,1H3,(H,15,17). The molecule has 1 N–H and O–H groups in total. The molecule has 1 heterocycles. The van der Waals surface area contributed by atoms with Crippen LogP contribution >= 0.6 is 11.6 Å². The van der Waals surface area contributed by atoms with Crippen molar-refractivity contribution in [2.24, 2.45) is 0 Å². The third-order valence-corrected chi connectivity index (χ3v) is 2.57. The molecular weight excluding hydrogens is 240 g/mol. The van der Waals surface area contributed by atoms with E-state index in [9.17, 15) is 9.59 Å². The lowest BCUT2D eigenvalue weighted by molar-refractivity contribution is 0.108. The number of carbonyl (C=O) groups is 1. The van der Waals surface area contributed by atoms with Gasteiger partial charge in [-0.2, -0.15) is 5.10 Å². The van der Waals surface area contributed by atoms with Gasteiger partial charge in [0.1, 0.15) is 5.56 Å². The molecule has 0 radical (unpaired) electrons. The molecule has 5 heteroatoms. The van der Waals surface area contributed by atoms with Crippen LogP contribution < -0.4 is 5.56 Å². The van der Waals surface area contributed by atoms with Crippen molar-refractivity contribution in [1.29, 1.82) is 0 Å². The maximum absolute atomic E-state index is 11.3. The zero-order valence-electron chi connectivity index (χ0n) is 9.03. The van der Waals surface area contributed by atoms with Crippen molar-refractivity contribution >= 4 is 16.8 Å². The third kappa shape index (κ3) is 2.42. The Morgan fingerprint density at radius 2 is 1.94 bits per heavy atom. The third-order valence-electron chi connectivity index (χ3n) is 2.36. The number of benzene rings is 1. The summed E-state index contributed by atoms with van der Waals surface area (Å²) in [6.07, 6.45) is 0. The van der Waals surface area contributed by atoms with Crippen LogP contribution in [0.1, 0.15) is 15.9 Å². The van der Waals surface area contributed by atoms with Crippen molar-refractivity contribution in [3.63, 3.8) is 0 Å². The summed E-state index contributed by atoms with van der Waals surface area (Å²) in [7, 11) is 0. The number of H-pyrrole nitrogens is 1. The van der Waals surface area contributed by atoms with Crippen LogP contribution in [0.25, 0.3) is 11.3 Å². The van der Waals surface area contributed by atoms with E-state index in [1.54, 1.807) is 0 Å². The number of aryl methyl sites for hydroxylation is 1. The first-order chi connectivity index (χ1) is 8.08. The normalized spacial score (nSPS) is 10.2. The van der Waals surface area contributed by atoms with Crippen LogP contribution in [0.2, 0.25) is 0 Å². The van der Waals surface area contributed by atoms with Crippen LogP contribution in [0, 0.1) is 6.92 Å². The lowest BCUT2D eigenvalue weighted by atomic mass is 10.1. The summed E-state index contributed by atoms with van der Waals surface area (Å²) in [5.74, 6) is 0. The molecule has 1 aromatic heterocycles. The molecule has 0 spiro atoms. The predicted molar refractivity (Wildman–Crippen MR) is 65.2 cm³/mol. The van der Waals surface area contributed by atoms with Crippen LogP contribution in [0.15, 0.2) is 35.1 Å². The Labute approximate surface area is 102 Å². The molecule has 0 aliphatic rings. The van der Waals surface area contributed by atoms with E-state index in [1.165, 1.54) is 6.07 Å². The second kappa shape index (κ2) is 4.51. The number of rotatable bonds is 2. The number of aromatic amines is 1. The summed E-state index contributed by atoms with van der Waals surface area (Å²) in [5, 5.41) is 5.34. The first-order valence-electron chi connectivity index (χ1n) is 4.94. The van der Waals surface area contributed by atoms with Gasteiger partial charge in [0, 0.05) is 5.56 Å². The molecule has 0 unspecified atom stereocenters. The maximum Gasteiger partial charge on any atom is 0.276 e. The molecule has 2 rings (SSSR count). The van der Waals surface area contributed by atoms with E-state index >= 15 is 0 Å². The van der Waals surface area contributed by atoms with Crippen LogP contribution in [0.5, 0.6) is 0 Å². The second-order valence-corrected chi connectivity index (χ2v) is 3.98. The predicted octanol–water partition coefficient (Wildman–Crippen LogP) is 2.12. The fraction of sp³-hybridized carbons (Fsp3) is 0.0833. The molecule has 0 fully saturated rings. The van der Waals surface area contributed by atoms with Crippen molar-refractivity contribution in [2.45, 2.75) is 6.92 Å². The topological polar surface area (TPSA) is 62.8 Å². The summed E-state index contributed by atoms with van der Waals surface area (Å²) >= 11 is 5.31. The molecule has 0 bridgehead atoms. The molecule has 0 aliphatic carbocycles. The lowest BCUT2D eigenvalue weighted by Crippen LogP contribution is -2.16. The minimum absolute atomic E-state index is 0.0998. The monoisotopic (exact) mass is 248 g/mol. The summed E-state index contributed by atoms with van der Waals surface area (Å²) in [5.41, 5.74) is 1.75. The van der Waals surface area contributed by atoms with Crippen molar-refractivity contribution < 1.29 is 4.79 Å².